The lowest BCUT2D eigenvalue weighted by Crippen LogP contribution is -2.13. The number of halogens is 3. The predicted octanol–water partition coefficient (Wildman–Crippen LogP) is 3.88. The van der Waals surface area contributed by atoms with Crippen LogP contribution >= 0.6 is 0 Å². The summed E-state index contributed by atoms with van der Waals surface area (Å²) in [4.78, 5) is 12.1. The smallest absolute Gasteiger partial charge is 0.344 e. The third-order valence-corrected chi connectivity index (χ3v) is 3.44. The molecule has 0 saturated heterocycles. The van der Waals surface area contributed by atoms with Crippen LogP contribution in [0.1, 0.15) is 21.6 Å². The Kier molecular flexibility index (Phi) is 4.56. The number of hydrogen-bond donors (Lipinski definition) is 0. The monoisotopic (exact) mass is 346 g/mol. The number of esters is 1. The highest BCUT2D eigenvalue weighted by atomic mass is 19.2. The average molecular weight is 346 g/mol. The van der Waals surface area contributed by atoms with Gasteiger partial charge in [0.2, 0.25) is 5.88 Å². The van der Waals surface area contributed by atoms with Crippen molar-refractivity contribution in [2.75, 3.05) is 0 Å². The fourth-order valence-corrected chi connectivity index (χ4v) is 2.30. The maximum atomic E-state index is 13.3. The van der Waals surface area contributed by atoms with Gasteiger partial charge >= 0.3 is 5.97 Å². The minimum Gasteiger partial charge on any atom is -0.404 e. The number of hydrogen-bond acceptors (Lipinski definition) is 3. The van der Waals surface area contributed by atoms with Crippen molar-refractivity contribution in [2.24, 2.45) is 0 Å². The summed E-state index contributed by atoms with van der Waals surface area (Å²) in [6, 6.07) is 10.1. The van der Waals surface area contributed by atoms with E-state index >= 15 is 0 Å². The van der Waals surface area contributed by atoms with Crippen molar-refractivity contribution in [2.45, 2.75) is 13.5 Å². The molecule has 0 N–H and O–H groups in total. The summed E-state index contributed by atoms with van der Waals surface area (Å²) in [6.45, 7) is 1.78. The van der Waals surface area contributed by atoms with Crippen LogP contribution in [0.15, 0.2) is 48.5 Å². The van der Waals surface area contributed by atoms with Gasteiger partial charge in [-0.3, -0.25) is 0 Å². The molecule has 128 valence electrons. The molecule has 0 fully saturated rings. The second-order valence-corrected chi connectivity index (χ2v) is 5.43. The first-order valence-corrected chi connectivity index (χ1v) is 7.38. The molecule has 0 aliphatic heterocycles. The van der Waals surface area contributed by atoms with Crippen molar-refractivity contribution in [1.29, 1.82) is 0 Å². The number of ether oxygens (including phenoxy) is 1. The number of benzene rings is 2. The van der Waals surface area contributed by atoms with Crippen LogP contribution < -0.4 is 4.74 Å². The summed E-state index contributed by atoms with van der Waals surface area (Å²) in [5, 5.41) is 4.17. The molecule has 3 aromatic rings. The van der Waals surface area contributed by atoms with Crippen LogP contribution in [0.25, 0.3) is 0 Å². The topological polar surface area (TPSA) is 44.1 Å². The SMILES string of the molecule is Cc1cc(OC(=O)c2cccc(F)c2)n(Cc2ccc(F)c(F)c2)n1. The zero-order valence-corrected chi connectivity index (χ0v) is 13.2. The van der Waals surface area contributed by atoms with Gasteiger partial charge in [-0.05, 0) is 42.8 Å². The van der Waals surface area contributed by atoms with E-state index in [4.69, 9.17) is 4.74 Å². The number of rotatable bonds is 4. The Morgan fingerprint density at radius 1 is 1.08 bits per heavy atom. The zero-order valence-electron chi connectivity index (χ0n) is 13.2. The molecular weight excluding hydrogens is 333 g/mol. The Hall–Kier alpha value is -3.09. The van der Waals surface area contributed by atoms with E-state index in [1.54, 1.807) is 6.92 Å². The summed E-state index contributed by atoms with van der Waals surface area (Å²) in [6.07, 6.45) is 0. The molecule has 0 saturated carbocycles. The van der Waals surface area contributed by atoms with Crippen LogP contribution in [0.5, 0.6) is 5.88 Å². The Morgan fingerprint density at radius 2 is 1.88 bits per heavy atom. The van der Waals surface area contributed by atoms with Gasteiger partial charge in [-0.25, -0.2) is 22.6 Å². The van der Waals surface area contributed by atoms with Crippen LogP contribution in [0.2, 0.25) is 0 Å². The van der Waals surface area contributed by atoms with Crippen LogP contribution in [-0.4, -0.2) is 15.7 Å². The standard InChI is InChI=1S/C18H13F3N2O2/c1-11-7-17(25-18(24)13-3-2-4-14(19)9-13)23(22-11)10-12-5-6-15(20)16(21)8-12/h2-9H,10H2,1H3. The molecule has 0 aliphatic rings. The molecule has 1 aromatic heterocycles. The normalized spacial score (nSPS) is 10.7. The van der Waals surface area contributed by atoms with E-state index in [1.807, 2.05) is 0 Å². The molecule has 0 aliphatic carbocycles. The van der Waals surface area contributed by atoms with Gasteiger partial charge in [0.05, 0.1) is 17.8 Å². The second kappa shape index (κ2) is 6.80. The zero-order chi connectivity index (χ0) is 18.0. The summed E-state index contributed by atoms with van der Waals surface area (Å²) in [5.41, 5.74) is 1.08. The largest absolute Gasteiger partial charge is 0.404 e. The molecule has 4 nitrogen and oxygen atoms in total. The quantitative estimate of drug-likeness (QED) is 0.674. The summed E-state index contributed by atoms with van der Waals surface area (Å²) < 4.78 is 46.2. The first-order chi connectivity index (χ1) is 11.9. The fourth-order valence-electron chi connectivity index (χ4n) is 2.30. The number of carbonyl (C=O) groups is 1. The lowest BCUT2D eigenvalue weighted by Gasteiger charge is -2.08. The highest BCUT2D eigenvalue weighted by Gasteiger charge is 2.15. The Balaban J connectivity index is 1.83. The van der Waals surface area contributed by atoms with Crippen molar-refractivity contribution in [3.05, 3.63) is 82.8 Å². The molecule has 0 atom stereocenters. The molecule has 25 heavy (non-hydrogen) atoms. The predicted molar refractivity (Wildman–Crippen MR) is 83.8 cm³/mol. The van der Waals surface area contributed by atoms with Crippen LogP contribution in [0.4, 0.5) is 13.2 Å². The van der Waals surface area contributed by atoms with Gasteiger partial charge in [0.25, 0.3) is 0 Å². The minimum absolute atomic E-state index is 0.0539. The molecule has 3 rings (SSSR count). The van der Waals surface area contributed by atoms with Crippen molar-refractivity contribution in [1.82, 2.24) is 9.78 Å². The van der Waals surface area contributed by atoms with E-state index < -0.39 is 23.4 Å². The van der Waals surface area contributed by atoms with Gasteiger partial charge < -0.3 is 4.74 Å². The summed E-state index contributed by atoms with van der Waals surface area (Å²) in [7, 11) is 0. The highest BCUT2D eigenvalue weighted by molar-refractivity contribution is 5.90. The van der Waals surface area contributed by atoms with Gasteiger partial charge in [0.1, 0.15) is 5.82 Å². The van der Waals surface area contributed by atoms with Crippen LogP contribution in [0.3, 0.4) is 0 Å². The summed E-state index contributed by atoms with van der Waals surface area (Å²) >= 11 is 0. The summed E-state index contributed by atoms with van der Waals surface area (Å²) in [5.74, 6) is -3.10. The Morgan fingerprint density at radius 3 is 2.60 bits per heavy atom. The fraction of sp³-hybridized carbons (Fsp3) is 0.111. The molecule has 7 heteroatoms. The average Bonchev–Trinajstić information content (AvgIpc) is 2.90. The molecule has 2 aromatic carbocycles. The third kappa shape index (κ3) is 3.88. The van der Waals surface area contributed by atoms with Crippen molar-refractivity contribution < 1.29 is 22.7 Å². The minimum atomic E-state index is -0.973. The second-order valence-electron chi connectivity index (χ2n) is 5.43. The van der Waals surface area contributed by atoms with Gasteiger partial charge in [-0.15, -0.1) is 0 Å². The Bertz CT molecular complexity index is 938. The highest BCUT2D eigenvalue weighted by Crippen LogP contribution is 2.18. The van der Waals surface area contributed by atoms with E-state index in [1.165, 1.54) is 35.0 Å². The maximum absolute atomic E-state index is 13.3. The molecule has 1 heterocycles. The van der Waals surface area contributed by atoms with Gasteiger partial charge in [-0.2, -0.15) is 5.10 Å². The van der Waals surface area contributed by atoms with E-state index in [9.17, 15) is 18.0 Å². The number of aryl methyl sites for hydroxylation is 1. The number of carbonyl (C=O) groups excluding carboxylic acids is 1. The van der Waals surface area contributed by atoms with Gasteiger partial charge in [0, 0.05) is 6.07 Å². The lowest BCUT2D eigenvalue weighted by molar-refractivity contribution is 0.0718. The molecule has 0 amide bonds. The van der Waals surface area contributed by atoms with Crippen LogP contribution in [0, 0.1) is 24.4 Å². The number of aromatic nitrogens is 2. The van der Waals surface area contributed by atoms with E-state index in [-0.39, 0.29) is 18.0 Å². The molecular formula is C18H13F3N2O2. The van der Waals surface area contributed by atoms with Crippen molar-refractivity contribution in [3.8, 4) is 5.88 Å². The van der Waals surface area contributed by atoms with Crippen molar-refractivity contribution >= 4 is 5.97 Å². The first-order valence-electron chi connectivity index (χ1n) is 7.38. The molecule has 0 radical (unpaired) electrons. The van der Waals surface area contributed by atoms with E-state index in [2.05, 4.69) is 5.10 Å². The van der Waals surface area contributed by atoms with Gasteiger partial charge in [-0.1, -0.05) is 12.1 Å². The molecule has 0 bridgehead atoms. The maximum Gasteiger partial charge on any atom is 0.344 e. The van der Waals surface area contributed by atoms with E-state index in [0.29, 0.717) is 11.3 Å². The lowest BCUT2D eigenvalue weighted by atomic mass is 10.2. The van der Waals surface area contributed by atoms with E-state index in [0.717, 1.165) is 18.2 Å². The van der Waals surface area contributed by atoms with Crippen molar-refractivity contribution in [3.63, 3.8) is 0 Å². The third-order valence-electron chi connectivity index (χ3n) is 3.44. The molecule has 0 spiro atoms. The van der Waals surface area contributed by atoms with Crippen LogP contribution in [-0.2, 0) is 6.54 Å². The van der Waals surface area contributed by atoms with Gasteiger partial charge in [0.15, 0.2) is 11.6 Å². The number of nitrogens with zero attached hydrogens (tertiary/aromatic N) is 2. The Labute approximate surface area is 141 Å². The molecule has 0 unspecified atom stereocenters. The first kappa shape index (κ1) is 16.8.